The Bertz CT molecular complexity index is 1110. The van der Waals surface area contributed by atoms with Crippen LogP contribution in [0.3, 0.4) is 0 Å². The number of carbonyl (C=O) groups is 1. The first kappa shape index (κ1) is 29.7. The molecular weight excluding hydrogens is 519 g/mol. The Morgan fingerprint density at radius 1 is 0.868 bits per heavy atom. The molecule has 0 spiro atoms. The van der Waals surface area contributed by atoms with Crippen molar-refractivity contribution in [2.75, 3.05) is 42.9 Å². The number of pyridine rings is 2. The zero-order valence-corrected chi connectivity index (χ0v) is 23.7. The maximum Gasteiger partial charge on any atom is 0.257 e. The third kappa shape index (κ3) is 10.5. The number of hydrogen-bond acceptors (Lipinski definition) is 5. The average Bonchev–Trinajstić information content (AvgIpc) is 2.94. The molecule has 0 aliphatic rings. The van der Waals surface area contributed by atoms with Gasteiger partial charge in [-0.3, -0.25) is 14.8 Å². The number of anilines is 1. The molecule has 0 aliphatic heterocycles. The Balaban J connectivity index is 1.25. The molecule has 0 bridgehead atoms. The van der Waals surface area contributed by atoms with Crippen LogP contribution in [0, 0.1) is 6.92 Å². The number of aryl methyl sites for hydroxylation is 2. The number of hydrogen-bond donors (Lipinski definition) is 1. The average molecular weight is 558 g/mol. The number of alkyl halides is 2. The summed E-state index contributed by atoms with van der Waals surface area (Å²) in [6.45, 7) is 4.21. The fraction of sp³-hybridized carbons (Fsp3) is 0.433. The van der Waals surface area contributed by atoms with Gasteiger partial charge in [-0.2, -0.15) is 0 Å². The summed E-state index contributed by atoms with van der Waals surface area (Å²) in [4.78, 5) is 23.2. The fourth-order valence-corrected chi connectivity index (χ4v) is 4.59. The lowest BCUT2D eigenvalue weighted by molar-refractivity contribution is -0.123. The molecule has 6 nitrogen and oxygen atoms in total. The van der Waals surface area contributed by atoms with E-state index in [1.54, 1.807) is 0 Å². The highest BCUT2D eigenvalue weighted by molar-refractivity contribution is 6.18. The summed E-state index contributed by atoms with van der Waals surface area (Å²) in [6.07, 6.45) is 10.3. The molecule has 3 rings (SSSR count). The molecule has 2 heterocycles. The summed E-state index contributed by atoms with van der Waals surface area (Å²) >= 11 is 11.7. The van der Waals surface area contributed by atoms with E-state index < -0.39 is 0 Å². The SMILES string of the molecule is Cc1ccnc(-c2cc(CCCCCCCNC(=O)COc3ccc(N(CCCl)CCCl)cc3)ccn2)c1. The van der Waals surface area contributed by atoms with E-state index in [-0.39, 0.29) is 12.5 Å². The Morgan fingerprint density at radius 3 is 2.24 bits per heavy atom. The van der Waals surface area contributed by atoms with Crippen LogP contribution in [0.1, 0.15) is 43.2 Å². The number of benzene rings is 1. The summed E-state index contributed by atoms with van der Waals surface area (Å²) < 4.78 is 5.63. The second kappa shape index (κ2) is 16.9. The van der Waals surface area contributed by atoms with Crippen LogP contribution in [0.25, 0.3) is 11.4 Å². The van der Waals surface area contributed by atoms with Crippen LogP contribution in [-0.4, -0.2) is 53.9 Å². The summed E-state index contributed by atoms with van der Waals surface area (Å²) in [5.41, 5.74) is 5.37. The Labute approximate surface area is 236 Å². The summed E-state index contributed by atoms with van der Waals surface area (Å²) in [6, 6.07) is 15.9. The van der Waals surface area contributed by atoms with E-state index in [0.29, 0.717) is 24.1 Å². The van der Waals surface area contributed by atoms with Crippen molar-refractivity contribution >= 4 is 34.8 Å². The van der Waals surface area contributed by atoms with Crippen molar-refractivity contribution in [1.29, 1.82) is 0 Å². The van der Waals surface area contributed by atoms with Gasteiger partial charge in [-0.15, -0.1) is 23.2 Å². The molecule has 0 aliphatic carbocycles. The quantitative estimate of drug-likeness (QED) is 0.153. The molecule has 0 atom stereocenters. The molecule has 0 unspecified atom stereocenters. The van der Waals surface area contributed by atoms with Crippen molar-refractivity contribution in [3.05, 3.63) is 72.1 Å². The van der Waals surface area contributed by atoms with Gasteiger partial charge in [-0.05, 0) is 85.8 Å². The van der Waals surface area contributed by atoms with Gasteiger partial charge in [0.15, 0.2) is 6.61 Å². The molecule has 38 heavy (non-hydrogen) atoms. The van der Waals surface area contributed by atoms with Crippen molar-refractivity contribution in [3.63, 3.8) is 0 Å². The van der Waals surface area contributed by atoms with Gasteiger partial charge in [0, 0.05) is 49.5 Å². The highest BCUT2D eigenvalue weighted by atomic mass is 35.5. The lowest BCUT2D eigenvalue weighted by Gasteiger charge is -2.23. The minimum Gasteiger partial charge on any atom is -0.484 e. The highest BCUT2D eigenvalue weighted by Crippen LogP contribution is 2.20. The van der Waals surface area contributed by atoms with Gasteiger partial charge in [0.2, 0.25) is 0 Å². The second-order valence-corrected chi connectivity index (χ2v) is 10.0. The number of carbonyl (C=O) groups excluding carboxylic acids is 1. The minimum absolute atomic E-state index is 0.0123. The highest BCUT2D eigenvalue weighted by Gasteiger charge is 2.07. The van der Waals surface area contributed by atoms with Gasteiger partial charge in [0.1, 0.15) is 5.75 Å². The number of unbranched alkanes of at least 4 members (excludes halogenated alkanes) is 4. The van der Waals surface area contributed by atoms with Gasteiger partial charge >= 0.3 is 0 Å². The van der Waals surface area contributed by atoms with E-state index in [2.05, 4.69) is 45.3 Å². The topological polar surface area (TPSA) is 67.3 Å². The van der Waals surface area contributed by atoms with Crippen LogP contribution in [0.4, 0.5) is 5.69 Å². The van der Waals surface area contributed by atoms with E-state index in [0.717, 1.165) is 62.3 Å². The van der Waals surface area contributed by atoms with E-state index >= 15 is 0 Å². The van der Waals surface area contributed by atoms with Crippen molar-refractivity contribution in [1.82, 2.24) is 15.3 Å². The first-order valence-corrected chi connectivity index (χ1v) is 14.4. The van der Waals surface area contributed by atoms with Gasteiger partial charge in [-0.1, -0.05) is 19.3 Å². The lowest BCUT2D eigenvalue weighted by Crippen LogP contribution is -2.29. The van der Waals surface area contributed by atoms with Crippen LogP contribution in [0.15, 0.2) is 60.9 Å². The molecule has 0 saturated heterocycles. The molecule has 1 amide bonds. The predicted molar refractivity (Wildman–Crippen MR) is 158 cm³/mol. The number of amides is 1. The molecule has 1 N–H and O–H groups in total. The second-order valence-electron chi connectivity index (χ2n) is 9.28. The Hall–Kier alpha value is -2.83. The maximum atomic E-state index is 12.1. The monoisotopic (exact) mass is 556 g/mol. The first-order chi connectivity index (χ1) is 18.6. The maximum absolute atomic E-state index is 12.1. The molecule has 8 heteroatoms. The van der Waals surface area contributed by atoms with E-state index in [1.165, 1.54) is 17.5 Å². The zero-order valence-electron chi connectivity index (χ0n) is 22.2. The summed E-state index contributed by atoms with van der Waals surface area (Å²) in [5, 5.41) is 2.94. The third-order valence-corrected chi connectivity index (χ3v) is 6.59. The van der Waals surface area contributed by atoms with Crippen LogP contribution in [0.5, 0.6) is 5.75 Å². The normalized spacial score (nSPS) is 10.8. The van der Waals surface area contributed by atoms with E-state index in [9.17, 15) is 4.79 Å². The smallest absolute Gasteiger partial charge is 0.257 e. The molecule has 0 radical (unpaired) electrons. The van der Waals surface area contributed by atoms with Crippen molar-refractivity contribution in [3.8, 4) is 17.1 Å². The van der Waals surface area contributed by atoms with Crippen LogP contribution in [0.2, 0.25) is 0 Å². The fourth-order valence-electron chi connectivity index (χ4n) is 4.19. The number of halogens is 2. The number of nitrogens with one attached hydrogen (secondary N) is 1. The predicted octanol–water partition coefficient (Wildman–Crippen LogP) is 6.42. The Morgan fingerprint density at radius 2 is 1.53 bits per heavy atom. The van der Waals surface area contributed by atoms with Crippen LogP contribution >= 0.6 is 23.2 Å². The van der Waals surface area contributed by atoms with Crippen molar-refractivity contribution < 1.29 is 9.53 Å². The van der Waals surface area contributed by atoms with Gasteiger partial charge in [0.25, 0.3) is 5.91 Å². The molecular formula is C30H38Cl2N4O2. The summed E-state index contributed by atoms with van der Waals surface area (Å²) in [7, 11) is 0. The summed E-state index contributed by atoms with van der Waals surface area (Å²) in [5.74, 6) is 1.64. The molecule has 3 aromatic rings. The molecule has 1 aromatic carbocycles. The molecule has 204 valence electrons. The van der Waals surface area contributed by atoms with Crippen LogP contribution in [-0.2, 0) is 11.2 Å². The minimum atomic E-state index is -0.100. The van der Waals surface area contributed by atoms with Gasteiger partial charge in [-0.25, -0.2) is 0 Å². The first-order valence-electron chi connectivity index (χ1n) is 13.3. The number of rotatable bonds is 17. The van der Waals surface area contributed by atoms with Crippen LogP contribution < -0.4 is 15.0 Å². The zero-order chi connectivity index (χ0) is 27.0. The molecule has 2 aromatic heterocycles. The molecule has 0 saturated carbocycles. The largest absolute Gasteiger partial charge is 0.484 e. The van der Waals surface area contributed by atoms with Crippen molar-refractivity contribution in [2.45, 2.75) is 45.4 Å². The van der Waals surface area contributed by atoms with Gasteiger partial charge < -0.3 is 15.0 Å². The Kier molecular flexibility index (Phi) is 13.2. The standard InChI is InChI=1S/C30H38Cl2N4O2/c1-24-12-17-33-28(21-24)29-22-25(13-18-34-29)7-5-3-2-4-6-16-35-30(37)23-38-27-10-8-26(9-11-27)36(19-14-31)20-15-32/h8-13,17-18,21-22H,2-7,14-16,19-20,23H2,1H3,(H,35,37). The van der Waals surface area contributed by atoms with E-state index in [4.69, 9.17) is 27.9 Å². The third-order valence-electron chi connectivity index (χ3n) is 6.25. The van der Waals surface area contributed by atoms with Crippen molar-refractivity contribution in [2.24, 2.45) is 0 Å². The lowest BCUT2D eigenvalue weighted by atomic mass is 10.0. The van der Waals surface area contributed by atoms with E-state index in [1.807, 2.05) is 42.7 Å². The number of ether oxygens (including phenoxy) is 1. The number of nitrogens with zero attached hydrogens (tertiary/aromatic N) is 3. The molecule has 0 fully saturated rings. The van der Waals surface area contributed by atoms with Gasteiger partial charge in [0.05, 0.1) is 11.4 Å². The number of aromatic nitrogens is 2.